The predicted molar refractivity (Wildman–Crippen MR) is 103 cm³/mol. The number of para-hydroxylation sites is 1. The first kappa shape index (κ1) is 15.9. The lowest BCUT2D eigenvalue weighted by molar-refractivity contribution is 0.526. The number of rotatable bonds is 4. The molecule has 1 aliphatic heterocycles. The average molecular weight is 367 g/mol. The zero-order valence-electron chi connectivity index (χ0n) is 14.8. The van der Waals surface area contributed by atoms with Crippen LogP contribution in [0.2, 0.25) is 0 Å². The molecule has 1 unspecified atom stereocenters. The highest BCUT2D eigenvalue weighted by atomic mass is 32.1. The Bertz CT molecular complexity index is 1020. The molecule has 5 rings (SSSR count). The van der Waals surface area contributed by atoms with Crippen molar-refractivity contribution in [2.75, 3.05) is 11.4 Å². The van der Waals surface area contributed by atoms with E-state index in [0.29, 0.717) is 11.3 Å². The molecule has 134 valence electrons. The van der Waals surface area contributed by atoms with Crippen molar-refractivity contribution in [3.05, 3.63) is 45.5 Å². The summed E-state index contributed by atoms with van der Waals surface area (Å²) in [5.74, 6) is 1.51. The van der Waals surface area contributed by atoms with Crippen LogP contribution in [0.3, 0.4) is 0 Å². The standard InChI is InChI=1S/C19H21N5OS/c1-12-21-22-19(26-12)23-10-4-7-16(23)17-20-15-6-3-2-5-14(15)18(25)24(17)11-13-8-9-13/h2-3,5-6,13,16H,4,7-11H2,1H3. The minimum atomic E-state index is 0.0952. The molecule has 3 heterocycles. The lowest BCUT2D eigenvalue weighted by atomic mass is 10.1. The third-order valence-electron chi connectivity index (χ3n) is 5.34. The molecule has 26 heavy (non-hydrogen) atoms. The van der Waals surface area contributed by atoms with E-state index >= 15 is 0 Å². The Morgan fingerprint density at radius 2 is 2.04 bits per heavy atom. The van der Waals surface area contributed by atoms with E-state index in [-0.39, 0.29) is 11.6 Å². The Labute approximate surface area is 155 Å². The Morgan fingerprint density at radius 1 is 1.19 bits per heavy atom. The summed E-state index contributed by atoms with van der Waals surface area (Å²) in [4.78, 5) is 20.4. The maximum absolute atomic E-state index is 13.2. The van der Waals surface area contributed by atoms with Crippen molar-refractivity contribution in [3.8, 4) is 0 Å². The molecule has 1 aromatic carbocycles. The van der Waals surface area contributed by atoms with Crippen molar-refractivity contribution >= 4 is 27.4 Å². The van der Waals surface area contributed by atoms with E-state index in [4.69, 9.17) is 4.98 Å². The van der Waals surface area contributed by atoms with Crippen LogP contribution in [0.1, 0.15) is 42.6 Å². The van der Waals surface area contributed by atoms with Crippen molar-refractivity contribution in [2.24, 2.45) is 5.92 Å². The Balaban J connectivity index is 1.65. The van der Waals surface area contributed by atoms with E-state index in [0.717, 1.165) is 47.4 Å². The van der Waals surface area contributed by atoms with E-state index in [1.807, 2.05) is 35.8 Å². The zero-order valence-corrected chi connectivity index (χ0v) is 15.6. The minimum absolute atomic E-state index is 0.0952. The Morgan fingerprint density at radius 3 is 2.81 bits per heavy atom. The number of aromatic nitrogens is 4. The molecule has 2 aliphatic rings. The van der Waals surface area contributed by atoms with Gasteiger partial charge < -0.3 is 4.90 Å². The van der Waals surface area contributed by atoms with Crippen LogP contribution in [0.5, 0.6) is 0 Å². The number of anilines is 1. The molecule has 0 bridgehead atoms. The van der Waals surface area contributed by atoms with Gasteiger partial charge in [-0.25, -0.2) is 4.98 Å². The van der Waals surface area contributed by atoms with Crippen molar-refractivity contribution in [2.45, 2.75) is 45.2 Å². The van der Waals surface area contributed by atoms with E-state index in [2.05, 4.69) is 15.1 Å². The topological polar surface area (TPSA) is 63.9 Å². The maximum atomic E-state index is 13.2. The van der Waals surface area contributed by atoms with Crippen molar-refractivity contribution in [3.63, 3.8) is 0 Å². The average Bonchev–Trinajstić information content (AvgIpc) is 3.15. The van der Waals surface area contributed by atoms with Crippen molar-refractivity contribution < 1.29 is 0 Å². The van der Waals surface area contributed by atoms with Crippen LogP contribution in [-0.2, 0) is 6.54 Å². The highest BCUT2D eigenvalue weighted by molar-refractivity contribution is 7.15. The first-order valence-electron chi connectivity index (χ1n) is 9.27. The Hall–Kier alpha value is -2.28. The largest absolute Gasteiger partial charge is 0.336 e. The number of hydrogen-bond donors (Lipinski definition) is 0. The van der Waals surface area contributed by atoms with Gasteiger partial charge in [-0.15, -0.1) is 10.2 Å². The summed E-state index contributed by atoms with van der Waals surface area (Å²) < 4.78 is 1.94. The summed E-state index contributed by atoms with van der Waals surface area (Å²) in [6, 6.07) is 7.79. The molecule has 1 saturated carbocycles. The predicted octanol–water partition coefficient (Wildman–Crippen LogP) is 3.31. The normalized spacial score (nSPS) is 20.2. The molecule has 1 atom stereocenters. The minimum Gasteiger partial charge on any atom is -0.336 e. The van der Waals surface area contributed by atoms with E-state index in [1.54, 1.807) is 11.3 Å². The fraction of sp³-hybridized carbons (Fsp3) is 0.474. The van der Waals surface area contributed by atoms with Crippen LogP contribution in [0.15, 0.2) is 29.1 Å². The van der Waals surface area contributed by atoms with Crippen LogP contribution >= 0.6 is 11.3 Å². The molecular formula is C19H21N5OS. The molecule has 0 radical (unpaired) electrons. The number of nitrogens with zero attached hydrogens (tertiary/aromatic N) is 5. The van der Waals surface area contributed by atoms with Gasteiger partial charge in [-0.3, -0.25) is 9.36 Å². The summed E-state index contributed by atoms with van der Waals surface area (Å²) in [5, 5.41) is 11.1. The summed E-state index contributed by atoms with van der Waals surface area (Å²) in [6.07, 6.45) is 4.49. The molecule has 1 saturated heterocycles. The number of hydrogen-bond acceptors (Lipinski definition) is 6. The van der Waals surface area contributed by atoms with Gasteiger partial charge >= 0.3 is 0 Å². The fourth-order valence-electron chi connectivity index (χ4n) is 3.84. The zero-order chi connectivity index (χ0) is 17.7. The molecule has 1 aliphatic carbocycles. The van der Waals surface area contributed by atoms with Gasteiger partial charge in [-0.05, 0) is 50.7 Å². The van der Waals surface area contributed by atoms with Gasteiger partial charge in [0, 0.05) is 13.1 Å². The van der Waals surface area contributed by atoms with Crippen LogP contribution in [-0.4, -0.2) is 26.3 Å². The van der Waals surface area contributed by atoms with Crippen LogP contribution in [0, 0.1) is 12.8 Å². The van der Waals surface area contributed by atoms with Gasteiger partial charge in [0.1, 0.15) is 10.8 Å². The van der Waals surface area contributed by atoms with Crippen molar-refractivity contribution in [1.82, 2.24) is 19.7 Å². The highest BCUT2D eigenvalue weighted by Gasteiger charge is 2.34. The van der Waals surface area contributed by atoms with Crippen LogP contribution < -0.4 is 10.5 Å². The molecule has 2 fully saturated rings. The third kappa shape index (κ3) is 2.70. The van der Waals surface area contributed by atoms with Gasteiger partial charge in [0.2, 0.25) is 5.13 Å². The number of fused-ring (bicyclic) bond motifs is 1. The van der Waals surface area contributed by atoms with Crippen molar-refractivity contribution in [1.29, 1.82) is 0 Å². The first-order chi connectivity index (χ1) is 12.7. The molecule has 3 aromatic rings. The monoisotopic (exact) mass is 367 g/mol. The van der Waals surface area contributed by atoms with E-state index < -0.39 is 0 Å². The first-order valence-corrected chi connectivity index (χ1v) is 10.1. The Kier molecular flexibility index (Phi) is 3.77. The molecule has 6 nitrogen and oxygen atoms in total. The second kappa shape index (κ2) is 6.16. The molecule has 7 heteroatoms. The molecular weight excluding hydrogens is 346 g/mol. The fourth-order valence-corrected chi connectivity index (χ4v) is 4.60. The molecule has 2 aromatic heterocycles. The van der Waals surface area contributed by atoms with Crippen LogP contribution in [0.4, 0.5) is 5.13 Å². The smallest absolute Gasteiger partial charge is 0.261 e. The second-order valence-corrected chi connectivity index (χ2v) is 8.46. The second-order valence-electron chi connectivity index (χ2n) is 7.30. The summed E-state index contributed by atoms with van der Waals surface area (Å²) in [7, 11) is 0. The summed E-state index contributed by atoms with van der Waals surface area (Å²) >= 11 is 1.61. The van der Waals surface area contributed by atoms with Gasteiger partial charge in [-0.1, -0.05) is 23.5 Å². The lowest BCUT2D eigenvalue weighted by Gasteiger charge is -2.26. The van der Waals surface area contributed by atoms with Gasteiger partial charge in [0.25, 0.3) is 5.56 Å². The van der Waals surface area contributed by atoms with Gasteiger partial charge in [0.05, 0.1) is 16.9 Å². The summed E-state index contributed by atoms with van der Waals surface area (Å²) in [6.45, 7) is 3.69. The quantitative estimate of drug-likeness (QED) is 0.708. The molecule has 0 spiro atoms. The van der Waals surface area contributed by atoms with E-state index in [9.17, 15) is 4.79 Å². The van der Waals surface area contributed by atoms with Gasteiger partial charge in [-0.2, -0.15) is 0 Å². The molecule has 0 N–H and O–H groups in total. The van der Waals surface area contributed by atoms with E-state index in [1.165, 1.54) is 12.8 Å². The SMILES string of the molecule is Cc1nnc(N2CCCC2c2nc3ccccc3c(=O)n2CC2CC2)s1. The highest BCUT2D eigenvalue weighted by Crippen LogP contribution is 2.38. The lowest BCUT2D eigenvalue weighted by Crippen LogP contribution is -2.32. The maximum Gasteiger partial charge on any atom is 0.261 e. The molecule has 0 amide bonds. The number of benzene rings is 1. The third-order valence-corrected chi connectivity index (χ3v) is 6.22. The summed E-state index contributed by atoms with van der Waals surface area (Å²) in [5.41, 5.74) is 0.887. The number of aryl methyl sites for hydroxylation is 1. The van der Waals surface area contributed by atoms with Gasteiger partial charge in [0.15, 0.2) is 0 Å². The van der Waals surface area contributed by atoms with Crippen LogP contribution in [0.25, 0.3) is 10.9 Å².